The third-order valence-corrected chi connectivity index (χ3v) is 5.08. The number of carbonyl (C=O) groups is 1. The third kappa shape index (κ3) is 3.49. The zero-order chi connectivity index (χ0) is 17.2. The lowest BCUT2D eigenvalue weighted by atomic mass is 10.1. The van der Waals surface area contributed by atoms with E-state index in [4.69, 9.17) is 19.9 Å². The van der Waals surface area contributed by atoms with Gasteiger partial charge in [0.05, 0.1) is 29.8 Å². The number of primary amides is 1. The summed E-state index contributed by atoms with van der Waals surface area (Å²) in [4.78, 5) is 20.8. The van der Waals surface area contributed by atoms with Crippen molar-refractivity contribution >= 4 is 23.2 Å². The zero-order valence-electron chi connectivity index (χ0n) is 13.3. The summed E-state index contributed by atoms with van der Waals surface area (Å²) in [6, 6.07) is 5.81. The molecule has 0 spiro atoms. The van der Waals surface area contributed by atoms with Crippen molar-refractivity contribution in [3.05, 3.63) is 29.8 Å². The second kappa shape index (κ2) is 7.04. The van der Waals surface area contributed by atoms with Gasteiger partial charge in [0.2, 0.25) is 11.9 Å². The van der Waals surface area contributed by atoms with Gasteiger partial charge in [0.1, 0.15) is 24.9 Å². The smallest absolute Gasteiger partial charge is 0.243 e. The SMILES string of the molecule is NC(=O)CO[C@@H]1CO[C@H]2[C@H]1OC[C@H]2Nc1nccc(-c2cccs2)n1. The maximum Gasteiger partial charge on any atom is 0.243 e. The van der Waals surface area contributed by atoms with Crippen molar-refractivity contribution < 1.29 is 19.0 Å². The van der Waals surface area contributed by atoms with Crippen LogP contribution in [0.3, 0.4) is 0 Å². The van der Waals surface area contributed by atoms with Crippen LogP contribution >= 0.6 is 11.3 Å². The highest BCUT2D eigenvalue weighted by Crippen LogP contribution is 2.30. The molecule has 0 aromatic carbocycles. The van der Waals surface area contributed by atoms with Crippen LogP contribution in [0.25, 0.3) is 10.6 Å². The number of amides is 1. The minimum atomic E-state index is -0.505. The van der Waals surface area contributed by atoms with Gasteiger partial charge in [0.15, 0.2) is 0 Å². The second-order valence-corrected chi connectivity index (χ2v) is 6.85. The Bertz CT molecular complexity index is 741. The first-order valence-corrected chi connectivity index (χ1v) is 8.85. The summed E-state index contributed by atoms with van der Waals surface area (Å²) in [5.41, 5.74) is 5.99. The van der Waals surface area contributed by atoms with Gasteiger partial charge >= 0.3 is 0 Å². The molecule has 0 bridgehead atoms. The van der Waals surface area contributed by atoms with Crippen molar-refractivity contribution in [3.63, 3.8) is 0 Å². The monoisotopic (exact) mass is 362 g/mol. The fourth-order valence-electron chi connectivity index (χ4n) is 3.08. The number of anilines is 1. The molecule has 2 saturated heterocycles. The first-order chi connectivity index (χ1) is 12.2. The molecule has 2 aliphatic heterocycles. The molecule has 0 aliphatic carbocycles. The summed E-state index contributed by atoms with van der Waals surface area (Å²) in [5, 5.41) is 5.30. The molecule has 2 aliphatic rings. The van der Waals surface area contributed by atoms with E-state index < -0.39 is 5.91 Å². The molecule has 2 fully saturated rings. The van der Waals surface area contributed by atoms with Gasteiger partial charge < -0.3 is 25.3 Å². The molecule has 25 heavy (non-hydrogen) atoms. The topological polar surface area (TPSA) is 109 Å². The van der Waals surface area contributed by atoms with Crippen molar-refractivity contribution in [2.75, 3.05) is 25.1 Å². The van der Waals surface area contributed by atoms with E-state index in [2.05, 4.69) is 15.3 Å². The number of fused-ring (bicyclic) bond motifs is 1. The molecule has 0 radical (unpaired) electrons. The van der Waals surface area contributed by atoms with Crippen LogP contribution in [0.1, 0.15) is 0 Å². The van der Waals surface area contributed by atoms with E-state index in [1.165, 1.54) is 0 Å². The zero-order valence-corrected chi connectivity index (χ0v) is 14.1. The number of ether oxygens (including phenoxy) is 3. The van der Waals surface area contributed by atoms with E-state index in [0.29, 0.717) is 19.2 Å². The van der Waals surface area contributed by atoms with Gasteiger partial charge in [-0.25, -0.2) is 9.97 Å². The number of aromatic nitrogens is 2. The van der Waals surface area contributed by atoms with Gasteiger partial charge in [-0.3, -0.25) is 4.79 Å². The van der Waals surface area contributed by atoms with E-state index in [-0.39, 0.29) is 31.0 Å². The van der Waals surface area contributed by atoms with Crippen LogP contribution in [0.15, 0.2) is 29.8 Å². The Morgan fingerprint density at radius 3 is 3.04 bits per heavy atom. The van der Waals surface area contributed by atoms with Crippen LogP contribution in [0.5, 0.6) is 0 Å². The van der Waals surface area contributed by atoms with Gasteiger partial charge in [0, 0.05) is 6.20 Å². The molecular formula is C16H18N4O4S. The summed E-state index contributed by atoms with van der Waals surface area (Å²) in [6.07, 6.45) is 1.04. The maximum atomic E-state index is 10.9. The van der Waals surface area contributed by atoms with Crippen molar-refractivity contribution in [2.24, 2.45) is 5.73 Å². The first-order valence-electron chi connectivity index (χ1n) is 7.97. The third-order valence-electron chi connectivity index (χ3n) is 4.19. The predicted octanol–water partition coefficient (Wildman–Crippen LogP) is 0.654. The van der Waals surface area contributed by atoms with E-state index in [9.17, 15) is 4.79 Å². The fraction of sp³-hybridized carbons (Fsp3) is 0.438. The molecule has 132 valence electrons. The quantitative estimate of drug-likeness (QED) is 0.777. The molecule has 2 aromatic heterocycles. The van der Waals surface area contributed by atoms with E-state index in [1.54, 1.807) is 17.5 Å². The number of thiophene rings is 1. The maximum absolute atomic E-state index is 10.9. The Kier molecular flexibility index (Phi) is 4.62. The standard InChI is InChI=1S/C16H18N4O4S/c17-13(21)8-22-11-7-24-14-10(6-23-15(11)14)20-16-18-4-3-9(19-16)12-2-1-5-25-12/h1-5,10-11,14-15H,6-8H2,(H2,17,21)(H,18,19,20)/t10-,11-,14-,15+/m1/s1. The van der Waals surface area contributed by atoms with E-state index in [0.717, 1.165) is 10.6 Å². The Hall–Kier alpha value is -2.07. The predicted molar refractivity (Wildman–Crippen MR) is 91.2 cm³/mol. The molecular weight excluding hydrogens is 344 g/mol. The van der Waals surface area contributed by atoms with Gasteiger partial charge in [-0.2, -0.15) is 0 Å². The van der Waals surface area contributed by atoms with E-state index in [1.807, 2.05) is 23.6 Å². The summed E-state index contributed by atoms with van der Waals surface area (Å²) in [7, 11) is 0. The molecule has 2 aromatic rings. The number of nitrogens with zero attached hydrogens (tertiary/aromatic N) is 2. The van der Waals surface area contributed by atoms with Gasteiger partial charge in [-0.1, -0.05) is 6.07 Å². The first kappa shape index (κ1) is 16.4. The molecule has 4 rings (SSSR count). The molecule has 9 heteroatoms. The number of nitrogens with one attached hydrogen (secondary N) is 1. The van der Waals surface area contributed by atoms with Crippen LogP contribution in [-0.2, 0) is 19.0 Å². The average Bonchev–Trinajstić information content (AvgIpc) is 3.33. The largest absolute Gasteiger partial charge is 0.370 e. The molecule has 0 unspecified atom stereocenters. The normalized spacial score (nSPS) is 28.0. The minimum Gasteiger partial charge on any atom is -0.370 e. The summed E-state index contributed by atoms with van der Waals surface area (Å²) in [6.45, 7) is 0.694. The van der Waals surface area contributed by atoms with Gasteiger partial charge in [-0.05, 0) is 17.5 Å². The van der Waals surface area contributed by atoms with Gasteiger partial charge in [-0.15, -0.1) is 11.3 Å². The van der Waals surface area contributed by atoms with Crippen LogP contribution in [0, 0.1) is 0 Å². The Morgan fingerprint density at radius 2 is 2.24 bits per heavy atom. The van der Waals surface area contributed by atoms with Crippen molar-refractivity contribution in [3.8, 4) is 10.6 Å². The summed E-state index contributed by atoms with van der Waals surface area (Å²) >= 11 is 1.63. The minimum absolute atomic E-state index is 0.0780. The lowest BCUT2D eigenvalue weighted by Crippen LogP contribution is -2.37. The van der Waals surface area contributed by atoms with E-state index >= 15 is 0 Å². The molecule has 4 heterocycles. The second-order valence-electron chi connectivity index (χ2n) is 5.91. The molecule has 0 saturated carbocycles. The Labute approximate surface area is 148 Å². The van der Waals surface area contributed by atoms with Crippen molar-refractivity contribution in [1.82, 2.24) is 9.97 Å². The molecule has 1 amide bonds. The lowest BCUT2D eigenvalue weighted by molar-refractivity contribution is -0.126. The molecule has 3 N–H and O–H groups in total. The number of nitrogens with two attached hydrogens (primary N) is 1. The van der Waals surface area contributed by atoms with Gasteiger partial charge in [0.25, 0.3) is 0 Å². The Morgan fingerprint density at radius 1 is 1.36 bits per heavy atom. The molecule has 4 atom stereocenters. The Balaban J connectivity index is 1.41. The molecule has 8 nitrogen and oxygen atoms in total. The number of hydrogen-bond acceptors (Lipinski definition) is 8. The number of rotatable bonds is 6. The fourth-order valence-corrected chi connectivity index (χ4v) is 3.77. The summed E-state index contributed by atoms with van der Waals surface area (Å²) < 4.78 is 17.0. The van der Waals surface area contributed by atoms with Crippen molar-refractivity contribution in [2.45, 2.75) is 24.4 Å². The van der Waals surface area contributed by atoms with Crippen LogP contribution in [0.4, 0.5) is 5.95 Å². The van der Waals surface area contributed by atoms with Crippen LogP contribution in [0.2, 0.25) is 0 Å². The van der Waals surface area contributed by atoms with Crippen LogP contribution < -0.4 is 11.1 Å². The number of carbonyl (C=O) groups excluding carboxylic acids is 1. The van der Waals surface area contributed by atoms with Crippen molar-refractivity contribution in [1.29, 1.82) is 0 Å². The highest BCUT2D eigenvalue weighted by atomic mass is 32.1. The highest BCUT2D eigenvalue weighted by molar-refractivity contribution is 7.13. The number of hydrogen-bond donors (Lipinski definition) is 2. The lowest BCUT2D eigenvalue weighted by Gasteiger charge is -2.17. The highest BCUT2D eigenvalue weighted by Gasteiger charge is 2.48. The summed E-state index contributed by atoms with van der Waals surface area (Å²) in [5.74, 6) is 0.0279. The average molecular weight is 362 g/mol. The van der Waals surface area contributed by atoms with Crippen LogP contribution in [-0.4, -0.2) is 60.0 Å².